The number of nitrogens with zero attached hydrogens (tertiary/aromatic N) is 2. The number of halogens is 1. The summed E-state index contributed by atoms with van der Waals surface area (Å²) in [5, 5.41) is 0.0855. The molecule has 0 bridgehead atoms. The molecule has 0 spiro atoms. The summed E-state index contributed by atoms with van der Waals surface area (Å²) in [4.78, 5) is 15.4. The molecule has 0 aliphatic carbocycles. The lowest BCUT2D eigenvalue weighted by Crippen LogP contribution is -2.25. The summed E-state index contributed by atoms with van der Waals surface area (Å²) < 4.78 is 25.5. The number of aryl methyl sites for hydroxylation is 1. The Morgan fingerprint density at radius 1 is 1.26 bits per heavy atom. The summed E-state index contributed by atoms with van der Waals surface area (Å²) >= 11 is 5.73. The molecule has 1 heterocycles. The normalized spacial score (nSPS) is 11.5. The second-order valence-corrected chi connectivity index (χ2v) is 6.38. The highest BCUT2D eigenvalue weighted by Crippen LogP contribution is 2.14. The number of benzene rings is 1. The summed E-state index contributed by atoms with van der Waals surface area (Å²) in [5.74, 6) is -0.281. The summed E-state index contributed by atoms with van der Waals surface area (Å²) in [5.41, 5.74) is -0.0754. The molecule has 2 aromatic rings. The molecule has 0 aliphatic heterocycles. The maximum absolute atomic E-state index is 12.2. The highest BCUT2D eigenvalue weighted by Gasteiger charge is 2.21. The van der Waals surface area contributed by atoms with Crippen molar-refractivity contribution in [2.24, 2.45) is 7.05 Å². The fourth-order valence-electron chi connectivity index (χ4n) is 1.56. The number of sulfone groups is 1. The average molecular weight is 299 g/mol. The first-order valence-electron chi connectivity index (χ1n) is 5.39. The van der Waals surface area contributed by atoms with Crippen LogP contribution in [0.1, 0.15) is 5.56 Å². The SMILES string of the molecule is Cn1ccnc(S(=O)(=O)Cc2ccc(Cl)cc2)c1=O. The van der Waals surface area contributed by atoms with E-state index < -0.39 is 20.4 Å². The smallest absolute Gasteiger partial charge is 0.288 e. The molecule has 0 fully saturated rings. The molecule has 1 aromatic carbocycles. The van der Waals surface area contributed by atoms with Crippen LogP contribution in [0.5, 0.6) is 0 Å². The Bertz CT molecular complexity index is 751. The van der Waals surface area contributed by atoms with E-state index in [9.17, 15) is 13.2 Å². The van der Waals surface area contributed by atoms with E-state index in [1.54, 1.807) is 24.3 Å². The number of rotatable bonds is 3. The summed E-state index contributed by atoms with van der Waals surface area (Å²) in [7, 11) is -2.29. The van der Waals surface area contributed by atoms with E-state index in [4.69, 9.17) is 11.6 Å². The molecule has 0 atom stereocenters. The van der Waals surface area contributed by atoms with Crippen LogP contribution in [0.3, 0.4) is 0 Å². The molecule has 0 saturated heterocycles. The third-order valence-electron chi connectivity index (χ3n) is 2.55. The molecule has 0 aliphatic rings. The van der Waals surface area contributed by atoms with Gasteiger partial charge in [0, 0.05) is 24.5 Å². The second-order valence-electron chi connectivity index (χ2n) is 4.03. The van der Waals surface area contributed by atoms with Crippen molar-refractivity contribution in [3.63, 3.8) is 0 Å². The Labute approximate surface area is 115 Å². The second kappa shape index (κ2) is 5.14. The Morgan fingerprint density at radius 2 is 1.89 bits per heavy atom. The van der Waals surface area contributed by atoms with Crippen molar-refractivity contribution in [1.29, 1.82) is 0 Å². The van der Waals surface area contributed by atoms with Gasteiger partial charge in [-0.1, -0.05) is 23.7 Å². The third kappa shape index (κ3) is 3.02. The average Bonchev–Trinajstić information content (AvgIpc) is 2.35. The van der Waals surface area contributed by atoms with E-state index in [0.29, 0.717) is 10.6 Å². The van der Waals surface area contributed by atoms with Gasteiger partial charge in [-0.15, -0.1) is 0 Å². The molecule has 0 radical (unpaired) electrons. The topological polar surface area (TPSA) is 69.0 Å². The van der Waals surface area contributed by atoms with Gasteiger partial charge in [0.15, 0.2) is 0 Å². The zero-order valence-corrected chi connectivity index (χ0v) is 11.6. The van der Waals surface area contributed by atoms with Crippen LogP contribution in [0.2, 0.25) is 5.02 Å². The molecule has 1 aromatic heterocycles. The summed E-state index contributed by atoms with van der Waals surface area (Å²) in [6.45, 7) is 0. The molecular formula is C12H11ClN2O3S. The Kier molecular flexibility index (Phi) is 3.73. The van der Waals surface area contributed by atoms with Crippen molar-refractivity contribution < 1.29 is 8.42 Å². The van der Waals surface area contributed by atoms with E-state index in [-0.39, 0.29) is 5.75 Å². The lowest BCUT2D eigenvalue weighted by molar-refractivity contribution is 0.586. The van der Waals surface area contributed by atoms with Gasteiger partial charge in [-0.2, -0.15) is 0 Å². The van der Waals surface area contributed by atoms with E-state index >= 15 is 0 Å². The van der Waals surface area contributed by atoms with Gasteiger partial charge < -0.3 is 4.57 Å². The van der Waals surface area contributed by atoms with Gasteiger partial charge in [-0.3, -0.25) is 4.79 Å². The minimum absolute atomic E-state index is 0.281. The maximum Gasteiger partial charge on any atom is 0.288 e. The van der Waals surface area contributed by atoms with Crippen LogP contribution >= 0.6 is 11.6 Å². The van der Waals surface area contributed by atoms with Crippen molar-refractivity contribution >= 4 is 21.4 Å². The molecule has 2 rings (SSSR count). The first-order valence-corrected chi connectivity index (χ1v) is 7.42. The van der Waals surface area contributed by atoms with Crippen LogP contribution in [0.15, 0.2) is 46.5 Å². The standard InChI is InChI=1S/C12H11ClN2O3S/c1-15-7-6-14-11(12(15)16)19(17,18)8-9-2-4-10(13)5-3-9/h2-7H,8H2,1H3. The van der Waals surface area contributed by atoms with Gasteiger partial charge in [0.25, 0.3) is 5.56 Å². The van der Waals surface area contributed by atoms with E-state index in [1.807, 2.05) is 0 Å². The monoisotopic (exact) mass is 298 g/mol. The molecule has 0 unspecified atom stereocenters. The van der Waals surface area contributed by atoms with Crippen LogP contribution in [0.4, 0.5) is 0 Å². The minimum Gasteiger partial charge on any atom is -0.315 e. The summed E-state index contributed by atoms with van der Waals surface area (Å²) in [6, 6.07) is 6.41. The first-order chi connectivity index (χ1) is 8.90. The van der Waals surface area contributed by atoms with Crippen molar-refractivity contribution in [1.82, 2.24) is 9.55 Å². The van der Waals surface area contributed by atoms with Crippen molar-refractivity contribution in [2.45, 2.75) is 10.8 Å². The van der Waals surface area contributed by atoms with Crippen molar-refractivity contribution in [3.8, 4) is 0 Å². The molecule has 0 amide bonds. The van der Waals surface area contributed by atoms with Gasteiger partial charge in [-0.25, -0.2) is 13.4 Å². The van der Waals surface area contributed by atoms with Gasteiger partial charge in [0.05, 0.1) is 5.75 Å². The van der Waals surface area contributed by atoms with Crippen LogP contribution in [0, 0.1) is 0 Å². The maximum atomic E-state index is 12.2. The summed E-state index contributed by atoms with van der Waals surface area (Å²) in [6.07, 6.45) is 2.69. The van der Waals surface area contributed by atoms with Crippen LogP contribution in [0.25, 0.3) is 0 Å². The van der Waals surface area contributed by atoms with Crippen molar-refractivity contribution in [2.75, 3.05) is 0 Å². The lowest BCUT2D eigenvalue weighted by Gasteiger charge is -2.04. The zero-order valence-electron chi connectivity index (χ0n) is 10.1. The van der Waals surface area contributed by atoms with Gasteiger partial charge >= 0.3 is 0 Å². The predicted octanol–water partition coefficient (Wildman–Crippen LogP) is 1.41. The number of hydrogen-bond acceptors (Lipinski definition) is 4. The van der Waals surface area contributed by atoms with Gasteiger partial charge in [0.1, 0.15) is 0 Å². The quantitative estimate of drug-likeness (QED) is 0.859. The fourth-order valence-corrected chi connectivity index (χ4v) is 3.08. The molecule has 7 heteroatoms. The Balaban J connectivity index is 2.41. The van der Waals surface area contributed by atoms with E-state index in [1.165, 1.54) is 24.0 Å². The lowest BCUT2D eigenvalue weighted by atomic mass is 10.2. The Hall–Kier alpha value is -1.66. The molecule has 0 N–H and O–H groups in total. The van der Waals surface area contributed by atoms with Gasteiger partial charge in [-0.05, 0) is 17.7 Å². The van der Waals surface area contributed by atoms with E-state index in [0.717, 1.165) is 0 Å². The molecule has 0 saturated carbocycles. The number of aromatic nitrogens is 2. The first kappa shape index (κ1) is 13.8. The van der Waals surface area contributed by atoms with Gasteiger partial charge in [0.2, 0.25) is 14.9 Å². The largest absolute Gasteiger partial charge is 0.315 e. The number of hydrogen-bond donors (Lipinski definition) is 0. The van der Waals surface area contributed by atoms with Crippen molar-refractivity contribution in [3.05, 3.63) is 57.6 Å². The Morgan fingerprint density at radius 3 is 2.53 bits per heavy atom. The predicted molar refractivity (Wildman–Crippen MR) is 71.8 cm³/mol. The minimum atomic E-state index is -3.77. The fraction of sp³-hybridized carbons (Fsp3) is 0.167. The van der Waals surface area contributed by atoms with Crippen LogP contribution < -0.4 is 5.56 Å². The molecular weight excluding hydrogens is 288 g/mol. The molecule has 19 heavy (non-hydrogen) atoms. The highest BCUT2D eigenvalue weighted by molar-refractivity contribution is 7.90. The van der Waals surface area contributed by atoms with Crippen LogP contribution in [-0.4, -0.2) is 18.0 Å². The molecule has 100 valence electrons. The third-order valence-corrected chi connectivity index (χ3v) is 4.38. The zero-order chi connectivity index (χ0) is 14.0. The van der Waals surface area contributed by atoms with Crippen LogP contribution in [-0.2, 0) is 22.6 Å². The molecule has 5 nitrogen and oxygen atoms in total. The van der Waals surface area contributed by atoms with E-state index in [2.05, 4.69) is 4.98 Å². The highest BCUT2D eigenvalue weighted by atomic mass is 35.5.